The summed E-state index contributed by atoms with van der Waals surface area (Å²) in [7, 11) is -1.98. The highest BCUT2D eigenvalue weighted by atomic mass is 127. The van der Waals surface area contributed by atoms with Gasteiger partial charge in [-0.05, 0) is 31.2 Å². The zero-order valence-corrected chi connectivity index (χ0v) is 14.4. The molecule has 2 rings (SSSR count). The zero-order chi connectivity index (χ0) is 13.7. The third kappa shape index (κ3) is 4.60. The molecule has 0 spiro atoms. The molecule has 0 amide bonds. The number of benzene rings is 1. The van der Waals surface area contributed by atoms with Crippen molar-refractivity contribution in [3.63, 3.8) is 0 Å². The standard InChI is InChI=1S/C12H18N4O2S.HI/c1-13-19(17,18)11-5-2-4-10(8-11)9-16-12-14-6-3-7-15-12;/h2,4-5,8,13H,3,6-7,9H2,1H3,(H2,14,15,16);1H. The third-order valence-electron chi connectivity index (χ3n) is 2.83. The highest BCUT2D eigenvalue weighted by Crippen LogP contribution is 2.10. The zero-order valence-electron chi connectivity index (χ0n) is 11.2. The Morgan fingerprint density at radius 2 is 2.20 bits per heavy atom. The van der Waals surface area contributed by atoms with Crippen molar-refractivity contribution in [2.45, 2.75) is 17.9 Å². The second-order valence-corrected chi connectivity index (χ2v) is 6.11. The minimum atomic E-state index is -3.39. The van der Waals surface area contributed by atoms with Crippen LogP contribution in [-0.2, 0) is 16.6 Å². The number of nitrogens with one attached hydrogen (secondary N) is 3. The van der Waals surface area contributed by atoms with Crippen LogP contribution >= 0.6 is 24.0 Å². The van der Waals surface area contributed by atoms with Crippen molar-refractivity contribution in [1.29, 1.82) is 0 Å². The van der Waals surface area contributed by atoms with Crippen LogP contribution in [0.25, 0.3) is 0 Å². The summed E-state index contributed by atoms with van der Waals surface area (Å²) in [5.74, 6) is 0.771. The summed E-state index contributed by atoms with van der Waals surface area (Å²) in [4.78, 5) is 4.57. The molecule has 1 heterocycles. The molecular weight excluding hydrogens is 391 g/mol. The van der Waals surface area contributed by atoms with Crippen LogP contribution in [0.1, 0.15) is 12.0 Å². The first-order valence-electron chi connectivity index (χ1n) is 6.16. The van der Waals surface area contributed by atoms with Crippen molar-refractivity contribution >= 4 is 40.0 Å². The summed E-state index contributed by atoms with van der Waals surface area (Å²) in [6.07, 6.45) is 1.04. The van der Waals surface area contributed by atoms with Crippen molar-refractivity contribution in [2.75, 3.05) is 20.1 Å². The Labute approximate surface area is 136 Å². The minimum absolute atomic E-state index is 0. The van der Waals surface area contributed by atoms with E-state index >= 15 is 0 Å². The van der Waals surface area contributed by atoms with E-state index in [-0.39, 0.29) is 28.9 Å². The Morgan fingerprint density at radius 3 is 2.85 bits per heavy atom. The minimum Gasteiger partial charge on any atom is -0.356 e. The van der Waals surface area contributed by atoms with Gasteiger partial charge in [0.15, 0.2) is 5.96 Å². The fraction of sp³-hybridized carbons (Fsp3) is 0.417. The highest BCUT2D eigenvalue weighted by molar-refractivity contribution is 14.0. The number of hydrogen-bond acceptors (Lipinski definition) is 5. The molecule has 0 aliphatic carbocycles. The monoisotopic (exact) mass is 410 g/mol. The van der Waals surface area contributed by atoms with Crippen LogP contribution in [0.5, 0.6) is 0 Å². The quantitative estimate of drug-likeness (QED) is 0.637. The van der Waals surface area contributed by atoms with Crippen LogP contribution in [0.4, 0.5) is 0 Å². The van der Waals surface area contributed by atoms with Gasteiger partial charge in [-0.2, -0.15) is 0 Å². The van der Waals surface area contributed by atoms with E-state index in [4.69, 9.17) is 0 Å². The summed E-state index contributed by atoms with van der Waals surface area (Å²) in [6, 6.07) is 6.84. The van der Waals surface area contributed by atoms with Gasteiger partial charge in [0.25, 0.3) is 0 Å². The lowest BCUT2D eigenvalue weighted by molar-refractivity contribution is 0.588. The molecule has 112 valence electrons. The summed E-state index contributed by atoms with van der Waals surface area (Å²) in [5.41, 5.74) is 0.895. The number of sulfonamides is 1. The van der Waals surface area contributed by atoms with E-state index < -0.39 is 10.0 Å². The summed E-state index contributed by atoms with van der Waals surface area (Å²) in [5, 5.41) is 6.31. The largest absolute Gasteiger partial charge is 0.356 e. The molecule has 1 aromatic rings. The smallest absolute Gasteiger partial charge is 0.240 e. The van der Waals surface area contributed by atoms with Gasteiger partial charge < -0.3 is 10.6 Å². The number of guanidine groups is 1. The number of nitrogens with zero attached hydrogens (tertiary/aromatic N) is 1. The maximum Gasteiger partial charge on any atom is 0.240 e. The first kappa shape index (κ1) is 17.2. The average Bonchev–Trinajstić information content (AvgIpc) is 2.46. The van der Waals surface area contributed by atoms with Gasteiger partial charge in [-0.1, -0.05) is 12.1 Å². The lowest BCUT2D eigenvalue weighted by Gasteiger charge is -2.16. The van der Waals surface area contributed by atoms with Gasteiger partial charge >= 0.3 is 0 Å². The van der Waals surface area contributed by atoms with Crippen molar-refractivity contribution in [3.05, 3.63) is 29.8 Å². The van der Waals surface area contributed by atoms with E-state index in [1.54, 1.807) is 18.2 Å². The predicted molar refractivity (Wildman–Crippen MR) is 89.9 cm³/mol. The van der Waals surface area contributed by atoms with Gasteiger partial charge in [-0.15, -0.1) is 24.0 Å². The fourth-order valence-corrected chi connectivity index (χ4v) is 2.58. The highest BCUT2D eigenvalue weighted by Gasteiger charge is 2.11. The normalized spacial score (nSPS) is 14.8. The topological polar surface area (TPSA) is 82.6 Å². The van der Waals surface area contributed by atoms with E-state index in [2.05, 4.69) is 20.3 Å². The molecule has 1 aromatic carbocycles. The molecule has 3 N–H and O–H groups in total. The molecule has 1 aliphatic heterocycles. The van der Waals surface area contributed by atoms with Gasteiger partial charge in [0.05, 0.1) is 4.90 Å². The van der Waals surface area contributed by atoms with Crippen LogP contribution < -0.4 is 15.4 Å². The van der Waals surface area contributed by atoms with Gasteiger partial charge in [-0.3, -0.25) is 4.99 Å². The number of halogens is 1. The molecule has 6 nitrogen and oxygen atoms in total. The molecular formula is C12H19IN4O2S. The van der Waals surface area contributed by atoms with E-state index in [0.29, 0.717) is 6.54 Å². The summed E-state index contributed by atoms with van der Waals surface area (Å²) >= 11 is 0. The molecule has 0 fully saturated rings. The molecule has 1 aliphatic rings. The second-order valence-electron chi connectivity index (χ2n) is 4.22. The van der Waals surface area contributed by atoms with Gasteiger partial charge in [0, 0.05) is 19.6 Å². The van der Waals surface area contributed by atoms with Crippen LogP contribution in [0.2, 0.25) is 0 Å². The molecule has 0 aromatic heterocycles. The SMILES string of the molecule is CNS(=O)(=O)c1cccc(CNC2=NCCCN2)c1.I. The molecule has 0 saturated heterocycles. The maximum atomic E-state index is 11.7. The van der Waals surface area contributed by atoms with E-state index in [1.165, 1.54) is 7.05 Å². The molecule has 8 heteroatoms. The molecule has 0 bridgehead atoms. The lowest BCUT2D eigenvalue weighted by atomic mass is 10.2. The first-order valence-corrected chi connectivity index (χ1v) is 7.65. The third-order valence-corrected chi connectivity index (χ3v) is 4.25. The predicted octanol–water partition coefficient (Wildman–Crippen LogP) is 0.652. The first-order chi connectivity index (χ1) is 9.12. The van der Waals surface area contributed by atoms with Gasteiger partial charge in [0.1, 0.15) is 0 Å². The molecule has 0 saturated carbocycles. The summed E-state index contributed by atoms with van der Waals surface area (Å²) in [6.45, 7) is 2.28. The Kier molecular flexibility index (Phi) is 6.69. The van der Waals surface area contributed by atoms with Crippen LogP contribution in [0.15, 0.2) is 34.2 Å². The lowest BCUT2D eigenvalue weighted by Crippen LogP contribution is -2.40. The maximum absolute atomic E-state index is 11.7. The number of aliphatic imine (C=N–C) groups is 1. The Balaban J connectivity index is 0.00000200. The Hall–Kier alpha value is -0.870. The van der Waals surface area contributed by atoms with E-state index in [1.807, 2.05) is 6.07 Å². The summed E-state index contributed by atoms with van der Waals surface area (Å²) < 4.78 is 25.7. The molecule has 0 unspecified atom stereocenters. The van der Waals surface area contributed by atoms with Crippen molar-refractivity contribution in [1.82, 2.24) is 15.4 Å². The van der Waals surface area contributed by atoms with Crippen molar-refractivity contribution in [3.8, 4) is 0 Å². The molecule has 0 atom stereocenters. The Morgan fingerprint density at radius 1 is 1.40 bits per heavy atom. The van der Waals surface area contributed by atoms with E-state index in [0.717, 1.165) is 31.0 Å². The van der Waals surface area contributed by atoms with Crippen LogP contribution in [0.3, 0.4) is 0 Å². The number of hydrogen-bond donors (Lipinski definition) is 3. The Bertz CT molecular complexity index is 575. The van der Waals surface area contributed by atoms with Gasteiger partial charge in [0.2, 0.25) is 10.0 Å². The molecule has 0 radical (unpaired) electrons. The van der Waals surface area contributed by atoms with Crippen LogP contribution in [0, 0.1) is 0 Å². The van der Waals surface area contributed by atoms with Crippen LogP contribution in [-0.4, -0.2) is 34.5 Å². The van der Waals surface area contributed by atoms with Gasteiger partial charge in [-0.25, -0.2) is 13.1 Å². The average molecular weight is 410 g/mol. The second kappa shape index (κ2) is 7.79. The molecule has 20 heavy (non-hydrogen) atoms. The van der Waals surface area contributed by atoms with E-state index in [9.17, 15) is 8.42 Å². The van der Waals surface area contributed by atoms with Crippen molar-refractivity contribution in [2.24, 2.45) is 4.99 Å². The number of rotatable bonds is 4. The van der Waals surface area contributed by atoms with Crippen molar-refractivity contribution < 1.29 is 8.42 Å². The fourth-order valence-electron chi connectivity index (χ4n) is 1.78.